The zero-order valence-corrected chi connectivity index (χ0v) is 9.48. The zero-order valence-electron chi connectivity index (χ0n) is 8.59. The summed E-state index contributed by atoms with van der Waals surface area (Å²) in [5, 5.41) is 2.85. The Bertz CT molecular complexity index is 336. The maximum atomic E-state index is 11.0. The Labute approximate surface area is 80.7 Å². The molecule has 1 nitrogen and oxygen atoms in total. The van der Waals surface area contributed by atoms with E-state index in [9.17, 15) is 4.79 Å². The van der Waals surface area contributed by atoms with Crippen LogP contribution in [0, 0.1) is 5.92 Å². The smallest absolute Gasteiger partial charge is 0.150 e. The van der Waals surface area contributed by atoms with E-state index in [1.807, 2.05) is 0 Å². The lowest BCUT2D eigenvalue weighted by Crippen LogP contribution is -2.19. The number of carbonyl (C=O) groups is 1. The molecule has 0 saturated heterocycles. The summed E-state index contributed by atoms with van der Waals surface area (Å²) in [5.41, 5.74) is 1.32. The Balaban J connectivity index is 2.53. The molecular weight excluding hydrogens is 179 g/mol. The van der Waals surface area contributed by atoms with Crippen molar-refractivity contribution in [3.05, 3.63) is 22.3 Å². The summed E-state index contributed by atoms with van der Waals surface area (Å²) in [5.74, 6) is 0.527. The van der Waals surface area contributed by atoms with Crippen molar-refractivity contribution in [3.63, 3.8) is 0 Å². The molecule has 0 N–H and O–H groups in total. The minimum absolute atomic E-state index is 0.303. The SMILES string of the molecule is CC1=CC2C(C)=C(C=O)P1C2(C)C. The number of fused-ring (bicyclic) bond motifs is 2. The summed E-state index contributed by atoms with van der Waals surface area (Å²) in [6, 6.07) is 0. The second-order valence-electron chi connectivity index (χ2n) is 4.46. The molecule has 0 aromatic heterocycles. The summed E-state index contributed by atoms with van der Waals surface area (Å²) in [4.78, 5) is 11.0. The Kier molecular flexibility index (Phi) is 1.79. The summed E-state index contributed by atoms with van der Waals surface area (Å²) >= 11 is 0. The monoisotopic (exact) mass is 194 g/mol. The van der Waals surface area contributed by atoms with Crippen LogP contribution in [0.4, 0.5) is 0 Å². The van der Waals surface area contributed by atoms with Gasteiger partial charge in [-0.1, -0.05) is 25.5 Å². The van der Waals surface area contributed by atoms with Gasteiger partial charge in [-0.05, 0) is 27.1 Å². The minimum atomic E-state index is -0.303. The van der Waals surface area contributed by atoms with Gasteiger partial charge in [-0.2, -0.15) is 0 Å². The Hall–Kier alpha value is -0.420. The van der Waals surface area contributed by atoms with E-state index in [0.717, 1.165) is 11.6 Å². The lowest BCUT2D eigenvalue weighted by Gasteiger charge is -2.27. The molecule has 2 unspecified atom stereocenters. The highest BCUT2D eigenvalue weighted by atomic mass is 31.1. The van der Waals surface area contributed by atoms with E-state index in [1.165, 1.54) is 10.9 Å². The largest absolute Gasteiger partial charge is 0.298 e. The molecule has 0 spiro atoms. The molecule has 70 valence electrons. The van der Waals surface area contributed by atoms with E-state index in [-0.39, 0.29) is 7.92 Å². The molecule has 2 rings (SSSR count). The fourth-order valence-corrected chi connectivity index (χ4v) is 6.10. The molecule has 2 aliphatic heterocycles. The van der Waals surface area contributed by atoms with Gasteiger partial charge in [-0.15, -0.1) is 0 Å². The first-order valence-corrected chi connectivity index (χ1v) is 5.99. The van der Waals surface area contributed by atoms with E-state index < -0.39 is 0 Å². The van der Waals surface area contributed by atoms with E-state index in [1.54, 1.807) is 0 Å². The predicted molar refractivity (Wildman–Crippen MR) is 57.0 cm³/mol. The Morgan fingerprint density at radius 3 is 2.46 bits per heavy atom. The van der Waals surface area contributed by atoms with Crippen LogP contribution in [0.15, 0.2) is 22.3 Å². The van der Waals surface area contributed by atoms with Gasteiger partial charge in [0.2, 0.25) is 0 Å². The van der Waals surface area contributed by atoms with Crippen molar-refractivity contribution < 1.29 is 4.79 Å². The number of rotatable bonds is 1. The third kappa shape index (κ3) is 0.942. The normalized spacial score (nSPS) is 35.2. The molecule has 2 heterocycles. The molecule has 2 atom stereocenters. The summed E-state index contributed by atoms with van der Waals surface area (Å²) in [7, 11) is -0.303. The van der Waals surface area contributed by atoms with Crippen LogP contribution in [0.3, 0.4) is 0 Å². The third-order valence-electron chi connectivity index (χ3n) is 3.32. The second-order valence-corrected chi connectivity index (χ2v) is 7.47. The molecule has 2 heteroatoms. The van der Waals surface area contributed by atoms with Crippen LogP contribution in [-0.2, 0) is 4.79 Å². The average Bonchev–Trinajstić information content (AvgIpc) is 2.37. The van der Waals surface area contributed by atoms with Crippen molar-refractivity contribution in [2.24, 2.45) is 5.92 Å². The van der Waals surface area contributed by atoms with Crippen molar-refractivity contribution >= 4 is 14.2 Å². The highest BCUT2D eigenvalue weighted by Crippen LogP contribution is 2.75. The van der Waals surface area contributed by atoms with Crippen LogP contribution < -0.4 is 0 Å². The summed E-state index contributed by atoms with van der Waals surface area (Å²) in [6.07, 6.45) is 3.44. The van der Waals surface area contributed by atoms with Gasteiger partial charge in [0.05, 0.1) is 0 Å². The summed E-state index contributed by atoms with van der Waals surface area (Å²) in [6.45, 7) is 8.86. The van der Waals surface area contributed by atoms with Crippen molar-refractivity contribution in [1.29, 1.82) is 0 Å². The molecule has 0 radical (unpaired) electrons. The topological polar surface area (TPSA) is 17.1 Å². The second kappa shape index (κ2) is 2.54. The average molecular weight is 194 g/mol. The quantitative estimate of drug-likeness (QED) is 0.462. The van der Waals surface area contributed by atoms with E-state index in [4.69, 9.17) is 0 Å². The number of hydrogen-bond donors (Lipinski definition) is 0. The summed E-state index contributed by atoms with van der Waals surface area (Å²) < 4.78 is 0. The fourth-order valence-electron chi connectivity index (χ4n) is 2.75. The molecule has 13 heavy (non-hydrogen) atoms. The molecule has 0 aromatic carbocycles. The van der Waals surface area contributed by atoms with Gasteiger partial charge in [0.25, 0.3) is 0 Å². The van der Waals surface area contributed by atoms with Gasteiger partial charge < -0.3 is 0 Å². The van der Waals surface area contributed by atoms with Crippen LogP contribution in [0.2, 0.25) is 0 Å². The van der Waals surface area contributed by atoms with Crippen LogP contribution in [0.5, 0.6) is 0 Å². The number of aldehydes is 1. The predicted octanol–water partition coefficient (Wildman–Crippen LogP) is 3.27. The number of carbonyl (C=O) groups excluding carboxylic acids is 1. The van der Waals surface area contributed by atoms with Gasteiger partial charge in [0.15, 0.2) is 6.29 Å². The molecular formula is C11H15OP. The van der Waals surface area contributed by atoms with Crippen LogP contribution >= 0.6 is 7.92 Å². The number of hydrogen-bond acceptors (Lipinski definition) is 1. The van der Waals surface area contributed by atoms with E-state index >= 15 is 0 Å². The van der Waals surface area contributed by atoms with Crippen LogP contribution in [-0.4, -0.2) is 11.4 Å². The van der Waals surface area contributed by atoms with Gasteiger partial charge in [0, 0.05) is 16.4 Å². The third-order valence-corrected chi connectivity index (χ3v) is 6.55. The van der Waals surface area contributed by atoms with Crippen LogP contribution in [0.25, 0.3) is 0 Å². The van der Waals surface area contributed by atoms with Gasteiger partial charge in [-0.3, -0.25) is 4.79 Å². The maximum absolute atomic E-state index is 11.0. The molecule has 0 aliphatic carbocycles. The maximum Gasteiger partial charge on any atom is 0.150 e. The molecule has 0 amide bonds. The van der Waals surface area contributed by atoms with Crippen molar-refractivity contribution in [2.45, 2.75) is 32.9 Å². The number of allylic oxidation sites excluding steroid dienone is 4. The minimum Gasteiger partial charge on any atom is -0.298 e. The molecule has 2 bridgehead atoms. The lowest BCUT2D eigenvalue weighted by atomic mass is 9.88. The van der Waals surface area contributed by atoms with E-state index in [0.29, 0.717) is 11.1 Å². The first-order chi connectivity index (χ1) is 6.00. The highest BCUT2D eigenvalue weighted by Gasteiger charge is 2.50. The lowest BCUT2D eigenvalue weighted by molar-refractivity contribution is -0.104. The molecule has 0 saturated carbocycles. The molecule has 2 aliphatic rings. The highest BCUT2D eigenvalue weighted by molar-refractivity contribution is 7.69. The van der Waals surface area contributed by atoms with Gasteiger partial charge >= 0.3 is 0 Å². The van der Waals surface area contributed by atoms with E-state index in [2.05, 4.69) is 33.8 Å². The fraction of sp³-hybridized carbons (Fsp3) is 0.545. The molecule has 0 aromatic rings. The molecule has 0 fully saturated rings. The van der Waals surface area contributed by atoms with Crippen LogP contribution in [0.1, 0.15) is 27.7 Å². The van der Waals surface area contributed by atoms with Crippen molar-refractivity contribution in [3.8, 4) is 0 Å². The van der Waals surface area contributed by atoms with Gasteiger partial charge in [-0.25, -0.2) is 0 Å². The first kappa shape index (κ1) is 9.15. The Morgan fingerprint density at radius 1 is 1.46 bits per heavy atom. The van der Waals surface area contributed by atoms with Crippen molar-refractivity contribution in [2.75, 3.05) is 0 Å². The Morgan fingerprint density at radius 2 is 2.08 bits per heavy atom. The standard InChI is InChI=1S/C11H15OP/c1-7-5-9-8(2)10(6-12)13(7)11(9,3)4/h5-6,9H,1-4H3. The zero-order chi connectivity index (χ0) is 9.80. The van der Waals surface area contributed by atoms with Gasteiger partial charge in [0.1, 0.15) is 0 Å². The van der Waals surface area contributed by atoms with Crippen molar-refractivity contribution in [1.82, 2.24) is 0 Å². The first-order valence-electron chi connectivity index (χ1n) is 4.64.